The molecule has 1 aliphatic rings. The minimum absolute atomic E-state index is 0.215. The van der Waals surface area contributed by atoms with Gasteiger partial charge >= 0.3 is 6.36 Å². The normalized spacial score (nSPS) is 13.9. The van der Waals surface area contributed by atoms with E-state index in [4.69, 9.17) is 0 Å². The van der Waals surface area contributed by atoms with Crippen molar-refractivity contribution in [3.63, 3.8) is 0 Å². The molecule has 0 spiro atoms. The number of anilines is 2. The summed E-state index contributed by atoms with van der Waals surface area (Å²) in [5.74, 6) is -0.215. The minimum Gasteiger partial charge on any atom is -0.406 e. The third-order valence-corrected chi connectivity index (χ3v) is 3.36. The molecule has 0 saturated carbocycles. The first kappa shape index (κ1) is 14.4. The Bertz CT molecular complexity index is 726. The highest BCUT2D eigenvalue weighted by molar-refractivity contribution is 5.87. The maximum atomic E-state index is 12.3. The number of fused-ring (bicyclic) bond motifs is 1. The fraction of sp³-hybridized carbons (Fsp3) is 0.188. The number of halogens is 3. The summed E-state index contributed by atoms with van der Waals surface area (Å²) in [5, 5.41) is 0. The molecule has 0 N–H and O–H groups in total. The number of nitrogens with zero attached hydrogens (tertiary/aromatic N) is 2. The van der Waals surface area contributed by atoms with Gasteiger partial charge in [0, 0.05) is 11.9 Å². The number of rotatable bonds is 2. The predicted octanol–water partition coefficient (Wildman–Crippen LogP) is 4.75. The molecule has 22 heavy (non-hydrogen) atoms. The van der Waals surface area contributed by atoms with Crippen LogP contribution in [0.5, 0.6) is 5.75 Å². The second-order valence-corrected chi connectivity index (χ2v) is 4.91. The molecule has 0 aromatic heterocycles. The number of aliphatic imine (C=N–C) groups is 1. The van der Waals surface area contributed by atoms with Crippen molar-refractivity contribution < 1.29 is 17.9 Å². The first-order valence-corrected chi connectivity index (χ1v) is 6.69. The zero-order valence-corrected chi connectivity index (χ0v) is 11.8. The van der Waals surface area contributed by atoms with Crippen molar-refractivity contribution in [2.24, 2.45) is 4.99 Å². The van der Waals surface area contributed by atoms with Crippen molar-refractivity contribution >= 4 is 23.3 Å². The van der Waals surface area contributed by atoms with Crippen molar-refractivity contribution in [3.05, 3.63) is 48.0 Å². The number of para-hydroxylation sites is 2. The number of benzene rings is 2. The topological polar surface area (TPSA) is 24.8 Å². The lowest BCUT2D eigenvalue weighted by atomic mass is 10.1. The molecule has 0 bridgehead atoms. The van der Waals surface area contributed by atoms with E-state index in [9.17, 15) is 13.2 Å². The average Bonchev–Trinajstić information content (AvgIpc) is 2.45. The Hall–Kier alpha value is -2.50. The molecule has 0 atom stereocenters. The van der Waals surface area contributed by atoms with Gasteiger partial charge in [0.15, 0.2) is 0 Å². The van der Waals surface area contributed by atoms with Crippen LogP contribution in [-0.4, -0.2) is 19.1 Å². The predicted molar refractivity (Wildman–Crippen MR) is 79.5 cm³/mol. The summed E-state index contributed by atoms with van der Waals surface area (Å²) in [6.07, 6.45) is -2.90. The molecule has 0 radical (unpaired) electrons. The lowest BCUT2D eigenvalue weighted by molar-refractivity contribution is -0.274. The maximum Gasteiger partial charge on any atom is 0.573 e. The Kier molecular flexibility index (Phi) is 3.52. The summed E-state index contributed by atoms with van der Waals surface area (Å²) in [7, 11) is 0. The number of ether oxygens (including phenoxy) is 1. The van der Waals surface area contributed by atoms with Crippen molar-refractivity contribution in [2.45, 2.75) is 13.3 Å². The van der Waals surface area contributed by atoms with Crippen molar-refractivity contribution in [2.75, 3.05) is 11.4 Å². The Morgan fingerprint density at radius 1 is 1.09 bits per heavy atom. The van der Waals surface area contributed by atoms with E-state index in [1.54, 1.807) is 19.2 Å². The van der Waals surface area contributed by atoms with Crippen molar-refractivity contribution in [1.29, 1.82) is 0 Å². The van der Waals surface area contributed by atoms with Crippen LogP contribution in [0.15, 0.2) is 47.5 Å². The molecule has 3 rings (SSSR count). The molecular weight excluding hydrogens is 293 g/mol. The monoisotopic (exact) mass is 306 g/mol. The van der Waals surface area contributed by atoms with Gasteiger partial charge in [-0.1, -0.05) is 12.1 Å². The summed E-state index contributed by atoms with van der Waals surface area (Å²) in [4.78, 5) is 6.33. The first-order valence-electron chi connectivity index (χ1n) is 6.69. The Morgan fingerprint density at radius 3 is 2.59 bits per heavy atom. The first-order chi connectivity index (χ1) is 10.4. The van der Waals surface area contributed by atoms with E-state index < -0.39 is 6.36 Å². The van der Waals surface area contributed by atoms with Crippen LogP contribution in [0.4, 0.5) is 30.2 Å². The van der Waals surface area contributed by atoms with Crippen LogP contribution in [0, 0.1) is 6.92 Å². The molecule has 2 aromatic rings. The second kappa shape index (κ2) is 5.36. The van der Waals surface area contributed by atoms with Crippen LogP contribution in [-0.2, 0) is 0 Å². The van der Waals surface area contributed by atoms with Gasteiger partial charge < -0.3 is 9.64 Å². The lowest BCUT2D eigenvalue weighted by Gasteiger charge is -2.29. The Morgan fingerprint density at radius 2 is 1.86 bits per heavy atom. The molecular formula is C16H13F3N2O. The molecule has 6 heteroatoms. The molecule has 1 aliphatic heterocycles. The highest BCUT2D eigenvalue weighted by atomic mass is 19.4. The van der Waals surface area contributed by atoms with E-state index in [1.807, 2.05) is 29.2 Å². The molecule has 1 heterocycles. The molecule has 0 unspecified atom stereocenters. The SMILES string of the molecule is Cc1cc(OC(F)(F)F)ccc1N1CC=Nc2ccccc21. The van der Waals surface area contributed by atoms with Gasteiger partial charge in [-0.3, -0.25) is 4.99 Å². The van der Waals surface area contributed by atoms with Crippen LogP contribution >= 0.6 is 0 Å². The van der Waals surface area contributed by atoms with Crippen molar-refractivity contribution in [1.82, 2.24) is 0 Å². The Balaban J connectivity index is 1.95. The fourth-order valence-electron chi connectivity index (χ4n) is 2.48. The molecule has 0 amide bonds. The lowest BCUT2D eigenvalue weighted by Crippen LogP contribution is -2.23. The molecule has 0 fully saturated rings. The third kappa shape index (κ3) is 2.90. The van der Waals surface area contributed by atoms with E-state index in [0.29, 0.717) is 12.1 Å². The van der Waals surface area contributed by atoms with E-state index >= 15 is 0 Å². The quantitative estimate of drug-likeness (QED) is 0.800. The van der Waals surface area contributed by atoms with Gasteiger partial charge in [0.1, 0.15) is 5.75 Å². The summed E-state index contributed by atoms with van der Waals surface area (Å²) < 4.78 is 40.8. The zero-order chi connectivity index (χ0) is 15.7. The van der Waals surface area contributed by atoms with Crippen LogP contribution in [0.2, 0.25) is 0 Å². The van der Waals surface area contributed by atoms with Gasteiger partial charge in [-0.25, -0.2) is 0 Å². The van der Waals surface area contributed by atoms with Gasteiger partial charge in [-0.2, -0.15) is 0 Å². The molecule has 3 nitrogen and oxygen atoms in total. The van der Waals surface area contributed by atoms with Gasteiger partial charge in [0.2, 0.25) is 0 Å². The summed E-state index contributed by atoms with van der Waals surface area (Å²) in [5.41, 5.74) is 3.29. The van der Waals surface area contributed by atoms with E-state index in [1.165, 1.54) is 12.1 Å². The standard InChI is InChI=1S/C16H13F3N2O/c1-11-10-12(22-16(17,18)19)6-7-14(11)21-9-8-20-13-4-2-3-5-15(13)21/h2-8,10H,9H2,1H3. The van der Waals surface area contributed by atoms with E-state index in [2.05, 4.69) is 9.73 Å². The number of hydrogen-bond acceptors (Lipinski definition) is 3. The van der Waals surface area contributed by atoms with Crippen LogP contribution in [0.25, 0.3) is 0 Å². The van der Waals surface area contributed by atoms with E-state index in [0.717, 1.165) is 17.1 Å². The molecule has 2 aromatic carbocycles. The smallest absolute Gasteiger partial charge is 0.406 e. The fourth-order valence-corrected chi connectivity index (χ4v) is 2.48. The number of aryl methyl sites for hydroxylation is 1. The average molecular weight is 306 g/mol. The summed E-state index contributed by atoms with van der Waals surface area (Å²) >= 11 is 0. The van der Waals surface area contributed by atoms with Crippen LogP contribution in [0.1, 0.15) is 5.56 Å². The molecule has 0 saturated heterocycles. The number of hydrogen-bond donors (Lipinski definition) is 0. The second-order valence-electron chi connectivity index (χ2n) is 4.91. The highest BCUT2D eigenvalue weighted by Crippen LogP contribution is 2.38. The van der Waals surface area contributed by atoms with Gasteiger partial charge in [-0.05, 0) is 42.8 Å². The van der Waals surface area contributed by atoms with Gasteiger partial charge in [0.25, 0.3) is 0 Å². The third-order valence-electron chi connectivity index (χ3n) is 3.36. The molecule has 114 valence electrons. The van der Waals surface area contributed by atoms with Crippen molar-refractivity contribution in [3.8, 4) is 5.75 Å². The van der Waals surface area contributed by atoms with Gasteiger partial charge in [0.05, 0.1) is 17.9 Å². The largest absolute Gasteiger partial charge is 0.573 e. The van der Waals surface area contributed by atoms with E-state index in [-0.39, 0.29) is 5.75 Å². The summed E-state index contributed by atoms with van der Waals surface area (Å²) in [6.45, 7) is 2.32. The highest BCUT2D eigenvalue weighted by Gasteiger charge is 2.31. The van der Waals surface area contributed by atoms with Gasteiger partial charge in [-0.15, -0.1) is 13.2 Å². The zero-order valence-electron chi connectivity index (χ0n) is 11.8. The Labute approximate surface area is 125 Å². The van der Waals surface area contributed by atoms with Crippen LogP contribution < -0.4 is 9.64 Å². The summed E-state index contributed by atoms with van der Waals surface area (Å²) in [6, 6.07) is 12.0. The van der Waals surface area contributed by atoms with Crippen LogP contribution in [0.3, 0.4) is 0 Å². The molecule has 0 aliphatic carbocycles. The maximum absolute atomic E-state index is 12.3. The minimum atomic E-state index is -4.68. The number of alkyl halides is 3.